The molecule has 3 heterocycles. The van der Waals surface area contributed by atoms with Crippen LogP contribution in [-0.2, 0) is 23.1 Å². The number of aromatic nitrogens is 4. The van der Waals surface area contributed by atoms with Crippen LogP contribution in [0, 0.1) is 12.3 Å². The molecule has 1 fully saturated rings. The van der Waals surface area contributed by atoms with Crippen molar-refractivity contribution in [3.63, 3.8) is 0 Å². The maximum Gasteiger partial charge on any atom is 0.166 e. The number of hydrogen-bond acceptors (Lipinski definition) is 12. The average molecular weight is 596 g/mol. The van der Waals surface area contributed by atoms with Crippen LogP contribution >= 0.6 is 11.8 Å². The lowest BCUT2D eigenvalue weighted by molar-refractivity contribution is -0.104. The Morgan fingerprint density at radius 2 is 1.95 bits per heavy atom. The number of hydrogen-bond donors (Lipinski definition) is 3. The standard InChI is InChI=1S/C19H24N6OS.C6H8N2O.C3H4.CH5NO/c1-20-12-15-21-16-18(24(15)2)22-17(13-5-4-6-14(11-13)27-3)23-19(16)25-7-9-26-10-8-25;1-7-3-6(5-9)4-8-2;1-3-2;1-2-3/h4-6,11,20H,7-10,12H2,1-3H3;3-5H,1H2,2H3;1H,2H3;2-3H,1H3/b;6-3+,8-4?;;. The number of aldehydes is 1. The monoisotopic (exact) mass is 595 g/mol. The van der Waals surface area contributed by atoms with Gasteiger partial charge in [0.2, 0.25) is 0 Å². The van der Waals surface area contributed by atoms with Gasteiger partial charge in [0.1, 0.15) is 5.82 Å². The van der Waals surface area contributed by atoms with E-state index >= 15 is 0 Å². The van der Waals surface area contributed by atoms with Crippen molar-refractivity contribution in [3.05, 3.63) is 41.9 Å². The van der Waals surface area contributed by atoms with E-state index in [2.05, 4.69) is 74.4 Å². The largest absolute Gasteiger partial charge is 0.378 e. The quantitative estimate of drug-likeness (QED) is 0.0888. The third-order valence-corrected chi connectivity index (χ3v) is 6.15. The van der Waals surface area contributed by atoms with Crippen molar-refractivity contribution in [1.82, 2.24) is 30.3 Å². The number of fused-ring (bicyclic) bond motifs is 1. The molecule has 12 nitrogen and oxygen atoms in total. The molecule has 0 atom stereocenters. The lowest BCUT2D eigenvalue weighted by atomic mass is 10.2. The maximum absolute atomic E-state index is 10.0. The first-order chi connectivity index (χ1) is 20.4. The van der Waals surface area contributed by atoms with Crippen LogP contribution in [0.25, 0.3) is 22.6 Å². The Balaban J connectivity index is 0.000000492. The molecule has 13 heteroatoms. The second-order valence-corrected chi connectivity index (χ2v) is 9.20. The molecular weight excluding hydrogens is 554 g/mol. The third-order valence-electron chi connectivity index (χ3n) is 5.42. The van der Waals surface area contributed by atoms with Crippen LogP contribution < -0.4 is 15.7 Å². The van der Waals surface area contributed by atoms with Crippen LogP contribution in [0.2, 0.25) is 0 Å². The molecule has 3 N–H and O–H groups in total. The van der Waals surface area contributed by atoms with Crippen molar-refractivity contribution >= 4 is 48.0 Å². The van der Waals surface area contributed by atoms with E-state index in [0.717, 1.165) is 47.3 Å². The van der Waals surface area contributed by atoms with Crippen LogP contribution in [0.5, 0.6) is 0 Å². The normalized spacial score (nSPS) is 12.7. The highest BCUT2D eigenvalue weighted by Crippen LogP contribution is 2.29. The Morgan fingerprint density at radius 3 is 2.50 bits per heavy atom. The summed E-state index contributed by atoms with van der Waals surface area (Å²) in [5.41, 5.74) is 4.91. The summed E-state index contributed by atoms with van der Waals surface area (Å²) < 4.78 is 7.58. The summed E-state index contributed by atoms with van der Waals surface area (Å²) in [6.45, 7) is 8.57. The molecule has 0 unspecified atom stereocenters. The lowest BCUT2D eigenvalue weighted by Gasteiger charge is -2.28. The number of nitrogens with one attached hydrogen (secondary N) is 2. The van der Waals surface area contributed by atoms with E-state index in [1.807, 2.05) is 14.1 Å². The smallest absolute Gasteiger partial charge is 0.166 e. The molecule has 1 aliphatic heterocycles. The highest BCUT2D eigenvalue weighted by molar-refractivity contribution is 7.98. The van der Waals surface area contributed by atoms with Crippen molar-refractivity contribution in [2.75, 3.05) is 58.6 Å². The summed E-state index contributed by atoms with van der Waals surface area (Å²) in [5, 5.41) is 10.5. The maximum atomic E-state index is 10.0. The molecule has 0 aliphatic carbocycles. The molecule has 4 rings (SSSR count). The van der Waals surface area contributed by atoms with E-state index in [1.54, 1.807) is 31.2 Å². The number of thioether (sulfide) groups is 1. The third kappa shape index (κ3) is 11.2. The van der Waals surface area contributed by atoms with Crippen LogP contribution in [0.1, 0.15) is 12.7 Å². The Hall–Kier alpha value is -3.93. The number of ether oxygens (including phenoxy) is 1. The van der Waals surface area contributed by atoms with Crippen molar-refractivity contribution in [2.45, 2.75) is 18.4 Å². The zero-order chi connectivity index (χ0) is 31.3. The Kier molecular flexibility index (Phi) is 17.9. The Bertz CT molecular complexity index is 1360. The number of hydroxylamine groups is 1. The van der Waals surface area contributed by atoms with Gasteiger partial charge in [-0.05, 0) is 39.1 Å². The van der Waals surface area contributed by atoms with Crippen molar-refractivity contribution < 1.29 is 14.7 Å². The van der Waals surface area contributed by atoms with Gasteiger partial charge in [-0.3, -0.25) is 14.8 Å². The Morgan fingerprint density at radius 1 is 1.29 bits per heavy atom. The summed E-state index contributed by atoms with van der Waals surface area (Å²) in [6, 6.07) is 8.36. The molecule has 0 amide bonds. The van der Waals surface area contributed by atoms with Gasteiger partial charge in [-0.1, -0.05) is 12.1 Å². The number of nitrogens with zero attached hydrogens (tertiary/aromatic N) is 7. The van der Waals surface area contributed by atoms with Crippen LogP contribution in [-0.4, -0.2) is 97.6 Å². The first kappa shape index (κ1) is 36.1. The molecule has 0 radical (unpaired) electrons. The summed E-state index contributed by atoms with van der Waals surface area (Å²) in [5.74, 6) is 4.83. The SMILES string of the molecule is C#CC.C=N/C=C(/C=O)C=NC.CNCc1nc2c(N3CCOCC3)nc(-c3cccc(SC)c3)nc2n1C.CNO. The molecule has 1 saturated heterocycles. The summed E-state index contributed by atoms with van der Waals surface area (Å²) in [6.07, 6.45) is 10.1. The summed E-state index contributed by atoms with van der Waals surface area (Å²) >= 11 is 1.72. The highest BCUT2D eigenvalue weighted by atomic mass is 32.2. The summed E-state index contributed by atoms with van der Waals surface area (Å²) in [4.78, 5) is 35.1. The van der Waals surface area contributed by atoms with E-state index in [9.17, 15) is 4.79 Å². The van der Waals surface area contributed by atoms with Gasteiger partial charge in [-0.25, -0.2) is 20.4 Å². The fourth-order valence-corrected chi connectivity index (χ4v) is 4.10. The van der Waals surface area contributed by atoms with Gasteiger partial charge in [-0.15, -0.1) is 24.1 Å². The van der Waals surface area contributed by atoms with Gasteiger partial charge >= 0.3 is 0 Å². The molecule has 2 aromatic heterocycles. The molecule has 42 heavy (non-hydrogen) atoms. The predicted molar refractivity (Wildman–Crippen MR) is 173 cm³/mol. The zero-order valence-electron chi connectivity index (χ0n) is 25.2. The van der Waals surface area contributed by atoms with Crippen molar-refractivity contribution in [2.24, 2.45) is 17.0 Å². The number of morpholine rings is 1. The minimum atomic E-state index is 0.424. The van der Waals surface area contributed by atoms with Gasteiger partial charge in [-0.2, -0.15) is 0 Å². The molecule has 0 bridgehead atoms. The number of benzene rings is 1. The number of terminal acetylenes is 1. The lowest BCUT2D eigenvalue weighted by Crippen LogP contribution is -2.37. The first-order valence-corrected chi connectivity index (χ1v) is 14.2. The van der Waals surface area contributed by atoms with Gasteiger partial charge in [0.05, 0.1) is 25.3 Å². The number of aryl methyl sites for hydroxylation is 1. The minimum Gasteiger partial charge on any atom is -0.378 e. The average Bonchev–Trinajstić information content (AvgIpc) is 3.33. The van der Waals surface area contributed by atoms with E-state index in [4.69, 9.17) is 24.9 Å². The van der Waals surface area contributed by atoms with Crippen LogP contribution in [0.4, 0.5) is 5.82 Å². The second-order valence-electron chi connectivity index (χ2n) is 8.32. The fourth-order valence-electron chi connectivity index (χ4n) is 3.64. The van der Waals surface area contributed by atoms with E-state index in [1.165, 1.54) is 24.4 Å². The van der Waals surface area contributed by atoms with E-state index < -0.39 is 0 Å². The molecule has 0 saturated carbocycles. The van der Waals surface area contributed by atoms with Gasteiger partial charge in [0.25, 0.3) is 0 Å². The van der Waals surface area contributed by atoms with Crippen LogP contribution in [0.3, 0.4) is 0 Å². The van der Waals surface area contributed by atoms with Gasteiger partial charge in [0, 0.05) is 57.1 Å². The van der Waals surface area contributed by atoms with Crippen molar-refractivity contribution in [1.29, 1.82) is 0 Å². The van der Waals surface area contributed by atoms with Gasteiger partial charge < -0.3 is 24.7 Å². The second kappa shape index (κ2) is 20.9. The zero-order valence-corrected chi connectivity index (χ0v) is 26.0. The number of aliphatic imine (C=N–C) groups is 2. The number of allylic oxidation sites excluding steroid dienone is 1. The fraction of sp³-hybridized carbons (Fsp3) is 0.379. The van der Waals surface area contributed by atoms with Crippen LogP contribution in [0.15, 0.2) is 50.9 Å². The van der Waals surface area contributed by atoms with Gasteiger partial charge in [0.15, 0.2) is 29.1 Å². The van der Waals surface area contributed by atoms with E-state index in [-0.39, 0.29) is 0 Å². The summed E-state index contributed by atoms with van der Waals surface area (Å²) in [7, 11) is 6.95. The molecule has 1 aliphatic rings. The molecule has 1 aromatic carbocycles. The predicted octanol–water partition coefficient (Wildman–Crippen LogP) is 3.01. The Labute approximate surface area is 252 Å². The number of carbonyl (C=O) groups excluding carboxylic acids is 1. The molecular formula is C29H41N9O3S. The number of rotatable bonds is 8. The first-order valence-electron chi connectivity index (χ1n) is 13.0. The number of anilines is 1. The minimum absolute atomic E-state index is 0.424. The highest BCUT2D eigenvalue weighted by Gasteiger charge is 2.22. The molecule has 226 valence electrons. The number of carbonyl (C=O) groups is 1. The van der Waals surface area contributed by atoms with Crippen molar-refractivity contribution in [3.8, 4) is 23.7 Å². The number of imidazole rings is 1. The molecule has 3 aromatic rings. The molecule has 0 spiro atoms. The van der Waals surface area contributed by atoms with E-state index in [0.29, 0.717) is 31.6 Å². The topological polar surface area (TPSA) is 142 Å².